The Hall–Kier alpha value is -2.31. The van der Waals surface area contributed by atoms with Gasteiger partial charge in [-0.25, -0.2) is 0 Å². The molecule has 20 atom stereocenters. The molecule has 0 aliphatic carbocycles. The van der Waals surface area contributed by atoms with Crippen molar-refractivity contribution in [2.45, 2.75) is 143 Å². The molecular formula is C30H52N4O20. The molecule has 3 amide bonds. The Kier molecular flexibility index (Phi) is 15.8. The van der Waals surface area contributed by atoms with Crippen LogP contribution in [0, 0.1) is 0 Å². The lowest BCUT2D eigenvalue weighted by atomic mass is 9.93. The molecule has 0 bridgehead atoms. The number of nitrogens with two attached hydrogens (primary N) is 1. The van der Waals surface area contributed by atoms with E-state index in [2.05, 4.69) is 16.0 Å². The summed E-state index contributed by atoms with van der Waals surface area (Å²) in [4.78, 5) is 36.3. The van der Waals surface area contributed by atoms with Crippen molar-refractivity contribution < 1.29 is 98.6 Å². The predicted molar refractivity (Wildman–Crippen MR) is 171 cm³/mol. The second kappa shape index (κ2) is 19.2. The standard InChI is InChI=1S/C30H52N4O20/c1-8(39)32-16-21(44)24(12(5-36)48-27(16)47)53-29-18(34-10(3)41)23(46)26(14(7-38)51-29)54-30-17(33-9(2)40)22(45)25(13(6-37)50-30)52-28-15(31)20(43)19(42)11(4-35)49-28/h11-30,35-38,42-47H,4-7,31H2,1-3H3,(H,32,39)(H,33,40)(H,34,41)/t11?,12-,13-,14?,15?,16?,17?,18?,19+,20+,21?,22?,23+,24+,25+,26+,27+,28-,29-,30-/m0/s1. The van der Waals surface area contributed by atoms with E-state index in [0.29, 0.717) is 0 Å². The van der Waals surface area contributed by atoms with Crippen LogP contribution >= 0.6 is 0 Å². The third-order valence-electron chi connectivity index (χ3n) is 9.49. The molecule has 0 aromatic carbocycles. The second-order valence-corrected chi connectivity index (χ2v) is 13.4. The van der Waals surface area contributed by atoms with E-state index in [9.17, 15) is 65.4 Å². The fraction of sp³-hybridized carbons (Fsp3) is 0.900. The van der Waals surface area contributed by atoms with Gasteiger partial charge in [0.05, 0.1) is 32.5 Å². The second-order valence-electron chi connectivity index (χ2n) is 13.4. The van der Waals surface area contributed by atoms with Crippen LogP contribution in [0.25, 0.3) is 0 Å². The molecule has 4 heterocycles. The van der Waals surface area contributed by atoms with Crippen molar-refractivity contribution in [3.8, 4) is 0 Å². The van der Waals surface area contributed by atoms with Crippen LogP contribution in [0.1, 0.15) is 20.8 Å². The van der Waals surface area contributed by atoms with Gasteiger partial charge in [0.15, 0.2) is 25.2 Å². The summed E-state index contributed by atoms with van der Waals surface area (Å²) >= 11 is 0. The van der Waals surface area contributed by atoms with Crippen molar-refractivity contribution in [2.75, 3.05) is 26.4 Å². The molecular weight excluding hydrogens is 736 g/mol. The summed E-state index contributed by atoms with van der Waals surface area (Å²) in [5.41, 5.74) is 5.98. The molecule has 0 spiro atoms. The lowest BCUT2D eigenvalue weighted by molar-refractivity contribution is -0.361. The van der Waals surface area contributed by atoms with Gasteiger partial charge in [-0.1, -0.05) is 0 Å². The fourth-order valence-electron chi connectivity index (χ4n) is 6.81. The lowest BCUT2D eigenvalue weighted by Crippen LogP contribution is -2.71. The zero-order valence-corrected chi connectivity index (χ0v) is 29.5. The van der Waals surface area contributed by atoms with Crippen molar-refractivity contribution in [1.29, 1.82) is 0 Å². The first-order valence-electron chi connectivity index (χ1n) is 17.1. The van der Waals surface area contributed by atoms with Gasteiger partial charge in [0.2, 0.25) is 17.7 Å². The molecule has 4 rings (SSSR count). The van der Waals surface area contributed by atoms with Crippen LogP contribution in [0.4, 0.5) is 0 Å². The van der Waals surface area contributed by atoms with Gasteiger partial charge in [-0.2, -0.15) is 0 Å². The summed E-state index contributed by atoms with van der Waals surface area (Å²) in [6.07, 6.45) is -26.1. The van der Waals surface area contributed by atoms with E-state index < -0.39 is 167 Å². The minimum Gasteiger partial charge on any atom is -0.394 e. The molecule has 0 saturated carbocycles. The maximum Gasteiger partial charge on any atom is 0.217 e. The molecule has 4 aliphatic heterocycles. The molecule has 8 unspecified atom stereocenters. The monoisotopic (exact) mass is 788 g/mol. The molecule has 312 valence electrons. The number of carbonyl (C=O) groups is 3. The quantitative estimate of drug-likeness (QED) is 0.0824. The van der Waals surface area contributed by atoms with Crippen LogP contribution < -0.4 is 21.7 Å². The van der Waals surface area contributed by atoms with E-state index in [0.717, 1.165) is 20.8 Å². The molecule has 24 nitrogen and oxygen atoms in total. The lowest BCUT2D eigenvalue weighted by Gasteiger charge is -2.50. The van der Waals surface area contributed by atoms with E-state index in [1.165, 1.54) is 0 Å². The molecule has 0 aromatic heterocycles. The summed E-state index contributed by atoms with van der Waals surface area (Å²) in [6, 6.07) is -6.00. The summed E-state index contributed by atoms with van der Waals surface area (Å²) in [5.74, 6) is -2.11. The minimum atomic E-state index is -1.87. The number of ether oxygens (including phenoxy) is 7. The first-order chi connectivity index (χ1) is 25.5. The molecule has 4 fully saturated rings. The number of carbonyl (C=O) groups excluding carboxylic acids is 3. The number of aliphatic hydroxyl groups is 10. The van der Waals surface area contributed by atoms with E-state index in [-0.39, 0.29) is 0 Å². The van der Waals surface area contributed by atoms with Crippen LogP contribution in [-0.2, 0) is 47.5 Å². The number of hydrogen-bond acceptors (Lipinski definition) is 21. The zero-order valence-electron chi connectivity index (χ0n) is 29.5. The van der Waals surface area contributed by atoms with Crippen LogP contribution in [-0.4, -0.2) is 218 Å². The van der Waals surface area contributed by atoms with Gasteiger partial charge in [-0.3, -0.25) is 14.4 Å². The van der Waals surface area contributed by atoms with Gasteiger partial charge < -0.3 is 106 Å². The summed E-state index contributed by atoms with van der Waals surface area (Å²) < 4.78 is 40.3. The highest BCUT2D eigenvalue weighted by Gasteiger charge is 2.56. The Balaban J connectivity index is 1.59. The molecule has 4 aliphatic rings. The molecule has 4 saturated heterocycles. The Labute approximate surface area is 308 Å². The highest BCUT2D eigenvalue weighted by atomic mass is 16.8. The number of hydrogen-bond donors (Lipinski definition) is 14. The van der Waals surface area contributed by atoms with Gasteiger partial charge in [0.25, 0.3) is 0 Å². The van der Waals surface area contributed by atoms with Crippen LogP contribution in [0.15, 0.2) is 0 Å². The largest absolute Gasteiger partial charge is 0.394 e. The van der Waals surface area contributed by atoms with Crippen molar-refractivity contribution in [3.63, 3.8) is 0 Å². The molecule has 15 N–H and O–H groups in total. The van der Waals surface area contributed by atoms with Crippen LogP contribution in [0.5, 0.6) is 0 Å². The predicted octanol–water partition coefficient (Wildman–Crippen LogP) is -9.35. The van der Waals surface area contributed by atoms with E-state index >= 15 is 0 Å². The normalized spacial score (nSPS) is 45.7. The van der Waals surface area contributed by atoms with E-state index in [4.69, 9.17) is 38.9 Å². The van der Waals surface area contributed by atoms with Crippen molar-refractivity contribution in [1.82, 2.24) is 16.0 Å². The molecule has 54 heavy (non-hydrogen) atoms. The molecule has 0 radical (unpaired) electrons. The highest BCUT2D eigenvalue weighted by Crippen LogP contribution is 2.34. The van der Waals surface area contributed by atoms with Crippen molar-refractivity contribution >= 4 is 17.7 Å². The fourth-order valence-corrected chi connectivity index (χ4v) is 6.81. The third-order valence-corrected chi connectivity index (χ3v) is 9.49. The van der Waals surface area contributed by atoms with E-state index in [1.54, 1.807) is 0 Å². The number of aliphatic hydroxyl groups excluding tert-OH is 10. The number of nitrogens with one attached hydrogen (secondary N) is 3. The van der Waals surface area contributed by atoms with Gasteiger partial charge in [-0.15, -0.1) is 0 Å². The maximum absolute atomic E-state index is 12.3. The minimum absolute atomic E-state index is 0.655. The average molecular weight is 789 g/mol. The van der Waals surface area contributed by atoms with Gasteiger partial charge in [-0.05, 0) is 0 Å². The first-order valence-corrected chi connectivity index (χ1v) is 17.1. The van der Waals surface area contributed by atoms with Gasteiger partial charge in [0, 0.05) is 20.8 Å². The maximum atomic E-state index is 12.3. The van der Waals surface area contributed by atoms with Crippen LogP contribution in [0.3, 0.4) is 0 Å². The van der Waals surface area contributed by atoms with Crippen molar-refractivity contribution in [2.24, 2.45) is 5.73 Å². The number of rotatable bonds is 13. The van der Waals surface area contributed by atoms with E-state index in [1.807, 2.05) is 0 Å². The van der Waals surface area contributed by atoms with Crippen LogP contribution in [0.2, 0.25) is 0 Å². The summed E-state index contributed by atoms with van der Waals surface area (Å²) in [7, 11) is 0. The highest BCUT2D eigenvalue weighted by molar-refractivity contribution is 5.74. The Morgan fingerprint density at radius 3 is 1.22 bits per heavy atom. The van der Waals surface area contributed by atoms with Gasteiger partial charge in [0.1, 0.15) is 91.4 Å². The first kappa shape index (κ1) is 44.4. The number of amides is 3. The molecule has 24 heteroatoms. The average Bonchev–Trinajstić information content (AvgIpc) is 3.12. The SMILES string of the molecule is CC(=O)NC1C(O)[C@H](O[C@@H]2OC(CO)[C@@H](O)[C@H](O)C2N)[C@H](CO)O[C@H]1O[C@@H]1C(CO)O[C@@H](O[C@H]2C(O)C(NC(C)=O)[C@H](O)O[C@H]2CO)C(NC(C)=O)[C@H]1O. The summed E-state index contributed by atoms with van der Waals surface area (Å²) in [5, 5.41) is 112. The topological polar surface area (TPSA) is 380 Å². The third kappa shape index (κ3) is 9.79. The summed E-state index contributed by atoms with van der Waals surface area (Å²) in [6.45, 7) is -0.0467. The van der Waals surface area contributed by atoms with Gasteiger partial charge >= 0.3 is 0 Å². The zero-order chi connectivity index (χ0) is 40.2. The van der Waals surface area contributed by atoms with Crippen molar-refractivity contribution in [3.05, 3.63) is 0 Å². The smallest absolute Gasteiger partial charge is 0.217 e. The Morgan fingerprint density at radius 1 is 0.500 bits per heavy atom. The Morgan fingerprint density at radius 2 is 0.833 bits per heavy atom. The Bertz CT molecular complexity index is 1260. The molecule has 0 aromatic rings.